The van der Waals surface area contributed by atoms with E-state index in [1.807, 2.05) is 30.3 Å². The van der Waals surface area contributed by atoms with Gasteiger partial charge < -0.3 is 18.8 Å². The molecular weight excluding hydrogens is 364 g/mol. The van der Waals surface area contributed by atoms with E-state index < -0.39 is 23.6 Å². The molecule has 0 saturated heterocycles. The number of nitrogens with zero attached hydrogens (tertiary/aromatic N) is 2. The maximum Gasteiger partial charge on any atom is 0.355 e. The van der Waals surface area contributed by atoms with Crippen molar-refractivity contribution in [2.75, 3.05) is 21.3 Å². The number of hydrogen-bond donors (Lipinski definition) is 0. The van der Waals surface area contributed by atoms with Crippen molar-refractivity contribution in [3.8, 4) is 0 Å². The van der Waals surface area contributed by atoms with Gasteiger partial charge >= 0.3 is 17.9 Å². The van der Waals surface area contributed by atoms with Crippen LogP contribution in [-0.4, -0.2) is 49.5 Å². The van der Waals surface area contributed by atoms with Crippen LogP contribution < -0.4 is 0 Å². The van der Waals surface area contributed by atoms with Crippen molar-refractivity contribution in [1.29, 1.82) is 0 Å². The number of benzene rings is 1. The summed E-state index contributed by atoms with van der Waals surface area (Å²) in [6, 6.07) is 9.17. The van der Waals surface area contributed by atoms with Gasteiger partial charge in [-0.05, 0) is 13.8 Å². The summed E-state index contributed by atoms with van der Waals surface area (Å²) in [6.07, 6.45) is 0. The molecule has 1 aromatic heterocycles. The highest BCUT2D eigenvalue weighted by atomic mass is 16.5. The van der Waals surface area contributed by atoms with Crippen LogP contribution in [0.4, 0.5) is 0 Å². The molecule has 0 saturated carbocycles. The van der Waals surface area contributed by atoms with E-state index in [-0.39, 0.29) is 16.8 Å². The fraction of sp³-hybridized carbons (Fsp3) is 0.300. The van der Waals surface area contributed by atoms with Crippen molar-refractivity contribution in [2.45, 2.75) is 19.5 Å². The van der Waals surface area contributed by atoms with E-state index in [9.17, 15) is 14.4 Å². The number of aliphatic imine (C=N–C) groups is 1. The van der Waals surface area contributed by atoms with Crippen LogP contribution in [0.5, 0.6) is 0 Å². The summed E-state index contributed by atoms with van der Waals surface area (Å²) in [7, 11) is 3.57. The minimum absolute atomic E-state index is 0.0806. The molecule has 2 heterocycles. The molecule has 8 heteroatoms. The van der Waals surface area contributed by atoms with Crippen LogP contribution in [0.2, 0.25) is 0 Å². The molecular formula is C20H20N2O6. The van der Waals surface area contributed by atoms with Gasteiger partial charge in [0.25, 0.3) is 0 Å². The number of hydrogen-bond acceptors (Lipinski definition) is 7. The molecule has 146 valence electrons. The van der Waals surface area contributed by atoms with E-state index in [1.54, 1.807) is 13.8 Å². The SMILES string of the molecule is COC(=O)c1c(C(=O)OC)c2n(c1C(=O)OC)C(C)(C)N=C2c1ccccc1. The number of fused-ring (bicyclic) bond motifs is 1. The molecule has 3 rings (SSSR count). The van der Waals surface area contributed by atoms with Crippen molar-refractivity contribution in [2.24, 2.45) is 4.99 Å². The topological polar surface area (TPSA) is 96.2 Å². The van der Waals surface area contributed by atoms with Crippen molar-refractivity contribution < 1.29 is 28.6 Å². The minimum Gasteiger partial charge on any atom is -0.465 e. The second-order valence-corrected chi connectivity index (χ2v) is 6.58. The smallest absolute Gasteiger partial charge is 0.355 e. The predicted molar refractivity (Wildman–Crippen MR) is 99.9 cm³/mol. The van der Waals surface area contributed by atoms with Gasteiger partial charge in [0.2, 0.25) is 0 Å². The van der Waals surface area contributed by atoms with Crippen molar-refractivity contribution in [3.63, 3.8) is 0 Å². The second-order valence-electron chi connectivity index (χ2n) is 6.58. The van der Waals surface area contributed by atoms with Gasteiger partial charge in [0, 0.05) is 5.56 Å². The zero-order valence-corrected chi connectivity index (χ0v) is 16.2. The van der Waals surface area contributed by atoms with Crippen LogP contribution in [0, 0.1) is 0 Å². The summed E-state index contributed by atoms with van der Waals surface area (Å²) in [4.78, 5) is 42.6. The summed E-state index contributed by atoms with van der Waals surface area (Å²) in [5.74, 6) is -2.40. The lowest BCUT2D eigenvalue weighted by atomic mass is 10.0. The molecule has 0 fully saturated rings. The lowest BCUT2D eigenvalue weighted by molar-refractivity contribution is 0.0531. The van der Waals surface area contributed by atoms with Crippen LogP contribution in [0.15, 0.2) is 35.3 Å². The van der Waals surface area contributed by atoms with Gasteiger partial charge in [-0.3, -0.25) is 4.99 Å². The molecule has 0 unspecified atom stereocenters. The minimum atomic E-state index is -0.959. The first-order chi connectivity index (χ1) is 13.3. The molecule has 1 aliphatic rings. The van der Waals surface area contributed by atoms with Crippen molar-refractivity contribution in [3.05, 3.63) is 58.4 Å². The molecule has 1 aromatic carbocycles. The monoisotopic (exact) mass is 384 g/mol. The Hall–Kier alpha value is -3.42. The van der Waals surface area contributed by atoms with Gasteiger partial charge in [0.15, 0.2) is 0 Å². The number of esters is 3. The summed E-state index contributed by atoms with van der Waals surface area (Å²) in [5.41, 5.74) is 0.152. The van der Waals surface area contributed by atoms with Gasteiger partial charge in [0.05, 0.1) is 32.7 Å². The van der Waals surface area contributed by atoms with E-state index >= 15 is 0 Å². The molecule has 0 amide bonds. The van der Waals surface area contributed by atoms with E-state index in [0.717, 1.165) is 5.56 Å². The molecule has 0 radical (unpaired) electrons. The van der Waals surface area contributed by atoms with Crippen molar-refractivity contribution in [1.82, 2.24) is 4.57 Å². The Morgan fingerprint density at radius 3 is 1.93 bits per heavy atom. The number of aromatic nitrogens is 1. The third kappa shape index (κ3) is 2.77. The number of methoxy groups -OCH3 is 3. The Morgan fingerprint density at radius 1 is 0.857 bits per heavy atom. The number of carbonyl (C=O) groups excluding carboxylic acids is 3. The number of rotatable bonds is 4. The Morgan fingerprint density at radius 2 is 1.39 bits per heavy atom. The Balaban J connectivity index is 2.47. The highest BCUT2D eigenvalue weighted by Gasteiger charge is 2.45. The Labute approximate surface area is 161 Å². The third-order valence-electron chi connectivity index (χ3n) is 4.53. The largest absolute Gasteiger partial charge is 0.465 e. The van der Waals surface area contributed by atoms with Crippen LogP contribution >= 0.6 is 0 Å². The maximum atomic E-state index is 12.7. The third-order valence-corrected chi connectivity index (χ3v) is 4.53. The predicted octanol–water partition coefficient (Wildman–Crippen LogP) is 2.39. The van der Waals surface area contributed by atoms with Gasteiger partial charge in [-0.15, -0.1) is 0 Å². The highest BCUT2D eigenvalue weighted by Crippen LogP contribution is 2.39. The van der Waals surface area contributed by atoms with E-state index in [1.165, 1.54) is 25.9 Å². The summed E-state index contributed by atoms with van der Waals surface area (Å²) < 4.78 is 16.2. The van der Waals surface area contributed by atoms with E-state index in [0.29, 0.717) is 11.4 Å². The summed E-state index contributed by atoms with van der Waals surface area (Å²) in [5, 5.41) is 0. The van der Waals surface area contributed by atoms with E-state index in [2.05, 4.69) is 0 Å². The maximum absolute atomic E-state index is 12.7. The average molecular weight is 384 g/mol. The lowest BCUT2D eigenvalue weighted by Crippen LogP contribution is -2.26. The molecule has 0 N–H and O–H groups in total. The fourth-order valence-electron chi connectivity index (χ4n) is 3.41. The molecule has 0 aliphatic carbocycles. The van der Waals surface area contributed by atoms with Crippen LogP contribution in [0.1, 0.15) is 56.3 Å². The van der Waals surface area contributed by atoms with Crippen LogP contribution in [-0.2, 0) is 19.9 Å². The first-order valence-electron chi connectivity index (χ1n) is 8.48. The Bertz CT molecular complexity index is 1000. The standard InChI is InChI=1S/C20H20N2O6/c1-20(2)21-14(11-9-7-6-8-10-11)15-12(17(23)26-3)13(18(24)27-4)16(22(15)20)19(25)28-5/h6-10H,1-5H3. The molecule has 2 aromatic rings. The molecule has 0 bridgehead atoms. The quantitative estimate of drug-likeness (QED) is 0.593. The zero-order chi connectivity index (χ0) is 20.6. The van der Waals surface area contributed by atoms with Gasteiger partial charge in [-0.25, -0.2) is 14.4 Å². The Kier molecular flexibility index (Phi) is 4.80. The molecule has 0 spiro atoms. The number of carbonyl (C=O) groups is 3. The highest BCUT2D eigenvalue weighted by molar-refractivity contribution is 6.23. The number of ether oxygens (including phenoxy) is 3. The first kappa shape index (κ1) is 19.3. The van der Waals surface area contributed by atoms with Crippen LogP contribution in [0.3, 0.4) is 0 Å². The van der Waals surface area contributed by atoms with Gasteiger partial charge in [0.1, 0.15) is 22.5 Å². The molecule has 28 heavy (non-hydrogen) atoms. The lowest BCUT2D eigenvalue weighted by Gasteiger charge is -2.21. The first-order valence-corrected chi connectivity index (χ1v) is 8.48. The normalized spacial score (nSPS) is 14.1. The van der Waals surface area contributed by atoms with Gasteiger partial charge in [-0.1, -0.05) is 30.3 Å². The molecule has 1 aliphatic heterocycles. The second kappa shape index (κ2) is 6.95. The fourth-order valence-corrected chi connectivity index (χ4v) is 3.41. The average Bonchev–Trinajstić information content (AvgIpc) is 3.20. The van der Waals surface area contributed by atoms with Gasteiger partial charge in [-0.2, -0.15) is 0 Å². The van der Waals surface area contributed by atoms with Crippen LogP contribution in [0.25, 0.3) is 0 Å². The summed E-state index contributed by atoms with van der Waals surface area (Å²) >= 11 is 0. The molecule has 8 nitrogen and oxygen atoms in total. The zero-order valence-electron chi connectivity index (χ0n) is 16.2. The van der Waals surface area contributed by atoms with Crippen molar-refractivity contribution >= 4 is 23.6 Å². The summed E-state index contributed by atoms with van der Waals surface area (Å²) in [6.45, 7) is 3.53. The molecule has 0 atom stereocenters. The van der Waals surface area contributed by atoms with E-state index in [4.69, 9.17) is 19.2 Å².